The third-order valence-corrected chi connectivity index (χ3v) is 5.35. The molecule has 20 heavy (non-hydrogen) atoms. The maximum atomic E-state index is 12.5. The van der Waals surface area contributed by atoms with Gasteiger partial charge in [-0.25, -0.2) is 0 Å². The topological polar surface area (TPSA) is 41.1 Å². The van der Waals surface area contributed by atoms with E-state index in [9.17, 15) is 4.79 Å². The first-order valence-corrected chi connectivity index (χ1v) is 7.97. The fourth-order valence-corrected chi connectivity index (χ4v) is 4.07. The molecule has 2 aliphatic heterocycles. The number of nitrogens with one attached hydrogen (secondary N) is 2. The van der Waals surface area contributed by atoms with Crippen LogP contribution in [-0.4, -0.2) is 30.8 Å². The van der Waals surface area contributed by atoms with Crippen molar-refractivity contribution in [1.82, 2.24) is 10.6 Å². The normalized spacial score (nSPS) is 28.4. The summed E-state index contributed by atoms with van der Waals surface area (Å²) in [6.45, 7) is 4.19. The molecule has 0 aromatic heterocycles. The van der Waals surface area contributed by atoms with E-state index in [4.69, 9.17) is 0 Å². The number of carbonyl (C=O) groups excluding carboxylic acids is 1. The Balaban J connectivity index is 0.00000147. The van der Waals surface area contributed by atoms with Gasteiger partial charge in [-0.2, -0.15) is 0 Å². The van der Waals surface area contributed by atoms with E-state index in [-0.39, 0.29) is 30.3 Å². The van der Waals surface area contributed by atoms with Crippen LogP contribution in [0.25, 0.3) is 0 Å². The van der Waals surface area contributed by atoms with Crippen molar-refractivity contribution >= 4 is 30.1 Å². The molecule has 0 saturated carbocycles. The summed E-state index contributed by atoms with van der Waals surface area (Å²) in [5.41, 5.74) is 1.20. The molecule has 1 saturated heterocycles. The SMILES string of the molecule is CC1CCNCC1NC(=O)C1CSc2ccccc21.Cl. The fraction of sp³-hybridized carbons (Fsp3) is 0.533. The summed E-state index contributed by atoms with van der Waals surface area (Å²) in [5, 5.41) is 6.60. The highest BCUT2D eigenvalue weighted by atomic mass is 35.5. The second kappa shape index (κ2) is 6.83. The average Bonchev–Trinajstić information content (AvgIpc) is 2.85. The molecule has 3 atom stereocenters. The number of hydrogen-bond acceptors (Lipinski definition) is 3. The molecule has 1 fully saturated rings. The van der Waals surface area contributed by atoms with Gasteiger partial charge >= 0.3 is 0 Å². The van der Waals surface area contributed by atoms with Gasteiger partial charge in [0.2, 0.25) is 5.91 Å². The summed E-state index contributed by atoms with van der Waals surface area (Å²) < 4.78 is 0. The molecular formula is C15H21ClN2OS. The molecular weight excluding hydrogens is 292 g/mol. The lowest BCUT2D eigenvalue weighted by atomic mass is 9.93. The lowest BCUT2D eigenvalue weighted by Crippen LogP contribution is -2.51. The number of fused-ring (bicyclic) bond motifs is 1. The van der Waals surface area contributed by atoms with Crippen LogP contribution in [0.1, 0.15) is 24.8 Å². The van der Waals surface area contributed by atoms with Crippen LogP contribution in [0.5, 0.6) is 0 Å². The van der Waals surface area contributed by atoms with Crippen LogP contribution in [0, 0.1) is 5.92 Å². The summed E-state index contributed by atoms with van der Waals surface area (Å²) in [6, 6.07) is 8.54. The maximum Gasteiger partial charge on any atom is 0.228 e. The first-order chi connectivity index (χ1) is 9.25. The molecule has 0 aliphatic carbocycles. The third-order valence-electron chi connectivity index (χ3n) is 4.17. The van der Waals surface area contributed by atoms with Crippen LogP contribution in [0.2, 0.25) is 0 Å². The standard InChI is InChI=1S/C15H20N2OS.ClH/c1-10-6-7-16-8-13(10)17-15(18)12-9-19-14-5-3-2-4-11(12)14;/h2-5,10,12-13,16H,6-9H2,1H3,(H,17,18);1H. The van der Waals surface area contributed by atoms with Crippen LogP contribution in [-0.2, 0) is 4.79 Å². The van der Waals surface area contributed by atoms with Gasteiger partial charge in [-0.1, -0.05) is 25.1 Å². The number of benzene rings is 1. The summed E-state index contributed by atoms with van der Waals surface area (Å²) in [6.07, 6.45) is 1.14. The number of amides is 1. The minimum Gasteiger partial charge on any atom is -0.351 e. The Bertz CT molecular complexity index is 483. The molecule has 2 N–H and O–H groups in total. The number of hydrogen-bond donors (Lipinski definition) is 2. The van der Waals surface area contributed by atoms with Gasteiger partial charge in [0, 0.05) is 23.2 Å². The zero-order chi connectivity index (χ0) is 13.2. The van der Waals surface area contributed by atoms with E-state index in [1.54, 1.807) is 11.8 Å². The van der Waals surface area contributed by atoms with Gasteiger partial charge in [0.15, 0.2) is 0 Å². The molecule has 3 rings (SSSR count). The van der Waals surface area contributed by atoms with Gasteiger partial charge in [0.25, 0.3) is 0 Å². The zero-order valence-electron chi connectivity index (χ0n) is 11.6. The average molecular weight is 313 g/mol. The molecule has 2 heterocycles. The predicted octanol–water partition coefficient (Wildman–Crippen LogP) is 2.41. The van der Waals surface area contributed by atoms with Gasteiger partial charge < -0.3 is 10.6 Å². The number of thioether (sulfide) groups is 1. The molecule has 3 nitrogen and oxygen atoms in total. The molecule has 110 valence electrons. The Labute approximate surface area is 130 Å². The van der Waals surface area contributed by atoms with Gasteiger partial charge in [-0.3, -0.25) is 4.79 Å². The summed E-state index contributed by atoms with van der Waals surface area (Å²) in [4.78, 5) is 13.7. The number of carbonyl (C=O) groups is 1. The number of piperidine rings is 1. The minimum atomic E-state index is 0. The van der Waals surface area contributed by atoms with Gasteiger partial charge in [0.1, 0.15) is 0 Å². The van der Waals surface area contributed by atoms with E-state index in [1.807, 2.05) is 12.1 Å². The van der Waals surface area contributed by atoms with E-state index in [1.165, 1.54) is 10.5 Å². The molecule has 1 amide bonds. The zero-order valence-corrected chi connectivity index (χ0v) is 13.2. The van der Waals surface area contributed by atoms with Crippen LogP contribution < -0.4 is 10.6 Å². The Hall–Kier alpha value is -0.710. The monoisotopic (exact) mass is 312 g/mol. The minimum absolute atomic E-state index is 0. The molecule has 0 bridgehead atoms. The van der Waals surface area contributed by atoms with E-state index in [2.05, 4.69) is 29.7 Å². The highest BCUT2D eigenvalue weighted by molar-refractivity contribution is 7.99. The lowest BCUT2D eigenvalue weighted by Gasteiger charge is -2.31. The number of halogens is 1. The Morgan fingerprint density at radius 1 is 1.40 bits per heavy atom. The fourth-order valence-electron chi connectivity index (χ4n) is 2.85. The maximum absolute atomic E-state index is 12.5. The molecule has 0 radical (unpaired) electrons. The molecule has 5 heteroatoms. The van der Waals surface area contributed by atoms with Gasteiger partial charge in [-0.05, 0) is 30.5 Å². The van der Waals surface area contributed by atoms with Crippen LogP contribution in [0.15, 0.2) is 29.2 Å². The molecule has 2 aliphatic rings. The Morgan fingerprint density at radius 2 is 2.20 bits per heavy atom. The van der Waals surface area contributed by atoms with Crippen molar-refractivity contribution in [3.05, 3.63) is 29.8 Å². The van der Waals surface area contributed by atoms with Crippen molar-refractivity contribution in [3.63, 3.8) is 0 Å². The summed E-state index contributed by atoms with van der Waals surface area (Å²) in [5.74, 6) is 1.66. The second-order valence-electron chi connectivity index (χ2n) is 5.49. The molecule has 1 aromatic rings. The van der Waals surface area contributed by atoms with Crippen LogP contribution in [0.3, 0.4) is 0 Å². The smallest absolute Gasteiger partial charge is 0.228 e. The number of rotatable bonds is 2. The van der Waals surface area contributed by atoms with E-state index in [0.29, 0.717) is 5.92 Å². The third kappa shape index (κ3) is 3.13. The molecule has 0 spiro atoms. The van der Waals surface area contributed by atoms with E-state index in [0.717, 1.165) is 25.3 Å². The van der Waals surface area contributed by atoms with Gasteiger partial charge in [-0.15, -0.1) is 24.2 Å². The van der Waals surface area contributed by atoms with Crippen molar-refractivity contribution in [1.29, 1.82) is 0 Å². The quantitative estimate of drug-likeness (QED) is 0.881. The highest BCUT2D eigenvalue weighted by Crippen LogP contribution is 2.39. The summed E-state index contributed by atoms with van der Waals surface area (Å²) >= 11 is 1.79. The van der Waals surface area contributed by atoms with Crippen molar-refractivity contribution < 1.29 is 4.79 Å². The van der Waals surface area contributed by atoms with Crippen molar-refractivity contribution in [2.24, 2.45) is 5.92 Å². The predicted molar refractivity (Wildman–Crippen MR) is 85.7 cm³/mol. The first-order valence-electron chi connectivity index (χ1n) is 6.98. The molecule has 1 aromatic carbocycles. The highest BCUT2D eigenvalue weighted by Gasteiger charge is 2.31. The van der Waals surface area contributed by atoms with Crippen molar-refractivity contribution in [3.8, 4) is 0 Å². The second-order valence-corrected chi connectivity index (χ2v) is 6.55. The first kappa shape index (κ1) is 15.7. The largest absolute Gasteiger partial charge is 0.351 e. The Kier molecular flexibility index (Phi) is 5.35. The Morgan fingerprint density at radius 3 is 3.00 bits per heavy atom. The van der Waals surface area contributed by atoms with E-state index >= 15 is 0 Å². The van der Waals surface area contributed by atoms with Crippen molar-refractivity contribution in [2.45, 2.75) is 30.2 Å². The van der Waals surface area contributed by atoms with E-state index < -0.39 is 0 Å². The van der Waals surface area contributed by atoms with Crippen LogP contribution in [0.4, 0.5) is 0 Å². The summed E-state index contributed by atoms with van der Waals surface area (Å²) in [7, 11) is 0. The lowest BCUT2D eigenvalue weighted by molar-refractivity contribution is -0.123. The van der Waals surface area contributed by atoms with Crippen molar-refractivity contribution in [2.75, 3.05) is 18.8 Å². The molecule has 3 unspecified atom stereocenters. The van der Waals surface area contributed by atoms with Crippen LogP contribution >= 0.6 is 24.2 Å². The van der Waals surface area contributed by atoms with Gasteiger partial charge in [0.05, 0.1) is 5.92 Å².